The average molecular weight is 271 g/mol. The van der Waals surface area contributed by atoms with Gasteiger partial charge >= 0.3 is 0 Å². The zero-order valence-corrected chi connectivity index (χ0v) is 11.3. The average Bonchev–Trinajstić information content (AvgIpc) is 2.40. The van der Waals surface area contributed by atoms with Crippen LogP contribution in [-0.2, 0) is 10.2 Å². The number of nitrogens with zero attached hydrogens (tertiary/aromatic N) is 5. The van der Waals surface area contributed by atoms with Crippen molar-refractivity contribution >= 4 is 16.2 Å². The van der Waals surface area contributed by atoms with Gasteiger partial charge in [-0.05, 0) is 6.07 Å². The van der Waals surface area contributed by atoms with Crippen LogP contribution >= 0.6 is 0 Å². The molecule has 7 nitrogen and oxygen atoms in total. The van der Waals surface area contributed by atoms with Gasteiger partial charge in [0.2, 0.25) is 5.95 Å². The molecular formula is C10H17N5O2S. The maximum Gasteiger partial charge on any atom is 0.281 e. The van der Waals surface area contributed by atoms with Crippen molar-refractivity contribution in [1.82, 2.24) is 18.6 Å². The first kappa shape index (κ1) is 13.2. The van der Waals surface area contributed by atoms with Crippen LogP contribution in [0, 0.1) is 0 Å². The third-order valence-electron chi connectivity index (χ3n) is 2.86. The molecule has 1 fully saturated rings. The fourth-order valence-electron chi connectivity index (χ4n) is 1.80. The van der Waals surface area contributed by atoms with Crippen LogP contribution in [0.1, 0.15) is 0 Å². The van der Waals surface area contributed by atoms with E-state index < -0.39 is 10.2 Å². The highest BCUT2D eigenvalue weighted by Crippen LogP contribution is 2.13. The Labute approximate surface area is 107 Å². The predicted molar refractivity (Wildman–Crippen MR) is 68.4 cm³/mol. The highest BCUT2D eigenvalue weighted by molar-refractivity contribution is 7.86. The Morgan fingerprint density at radius 3 is 2.17 bits per heavy atom. The Hall–Kier alpha value is -1.25. The van der Waals surface area contributed by atoms with Gasteiger partial charge in [-0.2, -0.15) is 17.0 Å². The van der Waals surface area contributed by atoms with Crippen LogP contribution in [-0.4, -0.2) is 67.3 Å². The van der Waals surface area contributed by atoms with Crippen LogP contribution < -0.4 is 4.90 Å². The minimum atomic E-state index is -3.31. The molecule has 1 saturated heterocycles. The Kier molecular flexibility index (Phi) is 3.79. The third kappa shape index (κ3) is 2.60. The first-order valence-corrected chi connectivity index (χ1v) is 7.11. The summed E-state index contributed by atoms with van der Waals surface area (Å²) < 4.78 is 26.6. The fraction of sp³-hybridized carbons (Fsp3) is 0.600. The van der Waals surface area contributed by atoms with Crippen LogP contribution in [0.5, 0.6) is 0 Å². The van der Waals surface area contributed by atoms with Crippen molar-refractivity contribution in [3.63, 3.8) is 0 Å². The predicted octanol–water partition coefficient (Wildman–Crippen LogP) is -0.595. The van der Waals surface area contributed by atoms with Gasteiger partial charge in [0.05, 0.1) is 0 Å². The Morgan fingerprint density at radius 1 is 1.11 bits per heavy atom. The summed E-state index contributed by atoms with van der Waals surface area (Å²) in [6.07, 6.45) is 3.37. The lowest BCUT2D eigenvalue weighted by Crippen LogP contribution is -2.52. The molecule has 0 aromatic carbocycles. The Bertz CT molecular complexity index is 482. The van der Waals surface area contributed by atoms with Crippen LogP contribution in [0.2, 0.25) is 0 Å². The van der Waals surface area contributed by atoms with Gasteiger partial charge in [-0.15, -0.1) is 0 Å². The largest absolute Gasteiger partial charge is 0.338 e. The molecule has 0 amide bonds. The van der Waals surface area contributed by atoms with Gasteiger partial charge in [0.25, 0.3) is 10.2 Å². The number of hydrogen-bond donors (Lipinski definition) is 0. The van der Waals surface area contributed by atoms with Crippen LogP contribution in [0.15, 0.2) is 18.5 Å². The van der Waals surface area contributed by atoms with E-state index in [1.165, 1.54) is 8.61 Å². The van der Waals surface area contributed by atoms with E-state index in [0.717, 1.165) is 0 Å². The Balaban J connectivity index is 2.01. The second-order valence-electron chi connectivity index (χ2n) is 4.23. The SMILES string of the molecule is CN(C)S(=O)(=O)N1CCN(c2ncccn2)CC1. The van der Waals surface area contributed by atoms with Gasteiger partial charge in [-0.3, -0.25) is 0 Å². The molecular weight excluding hydrogens is 254 g/mol. The molecule has 1 aliphatic rings. The molecule has 2 heterocycles. The minimum absolute atomic E-state index is 0.457. The molecule has 0 spiro atoms. The number of anilines is 1. The number of hydrogen-bond acceptors (Lipinski definition) is 5. The lowest BCUT2D eigenvalue weighted by Gasteiger charge is -2.34. The first-order chi connectivity index (χ1) is 8.51. The summed E-state index contributed by atoms with van der Waals surface area (Å²) in [5.74, 6) is 0.652. The molecule has 0 radical (unpaired) electrons. The van der Waals surface area contributed by atoms with Gasteiger partial charge in [0.15, 0.2) is 0 Å². The summed E-state index contributed by atoms with van der Waals surface area (Å²) >= 11 is 0. The molecule has 1 aliphatic heterocycles. The summed E-state index contributed by atoms with van der Waals surface area (Å²) in [6.45, 7) is 2.13. The quantitative estimate of drug-likeness (QED) is 0.734. The molecule has 18 heavy (non-hydrogen) atoms. The molecule has 0 aliphatic carbocycles. The highest BCUT2D eigenvalue weighted by atomic mass is 32.2. The van der Waals surface area contributed by atoms with E-state index in [1.54, 1.807) is 32.6 Å². The second kappa shape index (κ2) is 5.17. The summed E-state index contributed by atoms with van der Waals surface area (Å²) in [6, 6.07) is 1.76. The van der Waals surface area contributed by atoms with E-state index >= 15 is 0 Å². The van der Waals surface area contributed by atoms with E-state index in [9.17, 15) is 8.42 Å². The smallest absolute Gasteiger partial charge is 0.281 e. The number of piperazine rings is 1. The molecule has 0 unspecified atom stereocenters. The van der Waals surface area contributed by atoms with Gasteiger partial charge in [-0.1, -0.05) is 0 Å². The van der Waals surface area contributed by atoms with Gasteiger partial charge < -0.3 is 4.90 Å². The molecule has 1 aromatic heterocycles. The van der Waals surface area contributed by atoms with E-state index in [-0.39, 0.29) is 0 Å². The monoisotopic (exact) mass is 271 g/mol. The molecule has 1 aromatic rings. The summed E-state index contributed by atoms with van der Waals surface area (Å²) in [4.78, 5) is 10.3. The molecule has 0 saturated carbocycles. The van der Waals surface area contributed by atoms with E-state index in [2.05, 4.69) is 9.97 Å². The second-order valence-corrected chi connectivity index (χ2v) is 6.37. The number of rotatable bonds is 3. The van der Waals surface area contributed by atoms with Crippen LogP contribution in [0.25, 0.3) is 0 Å². The molecule has 100 valence electrons. The van der Waals surface area contributed by atoms with E-state index in [1.807, 2.05) is 4.90 Å². The lowest BCUT2D eigenvalue weighted by molar-refractivity contribution is 0.354. The molecule has 2 rings (SSSR count). The Morgan fingerprint density at radius 2 is 1.67 bits per heavy atom. The molecule has 8 heteroatoms. The van der Waals surface area contributed by atoms with Crippen LogP contribution in [0.3, 0.4) is 0 Å². The van der Waals surface area contributed by atoms with Gasteiger partial charge in [0.1, 0.15) is 0 Å². The van der Waals surface area contributed by atoms with Gasteiger partial charge in [-0.25, -0.2) is 9.97 Å². The minimum Gasteiger partial charge on any atom is -0.338 e. The number of aromatic nitrogens is 2. The van der Waals surface area contributed by atoms with Crippen LogP contribution in [0.4, 0.5) is 5.95 Å². The summed E-state index contributed by atoms with van der Waals surface area (Å²) in [5, 5.41) is 0. The molecule has 0 N–H and O–H groups in total. The van der Waals surface area contributed by atoms with Crippen molar-refractivity contribution < 1.29 is 8.42 Å². The zero-order chi connectivity index (χ0) is 13.2. The van der Waals surface area contributed by atoms with Crippen molar-refractivity contribution in [2.45, 2.75) is 0 Å². The lowest BCUT2D eigenvalue weighted by atomic mass is 10.4. The zero-order valence-electron chi connectivity index (χ0n) is 10.5. The standard InChI is InChI=1S/C10H17N5O2S/c1-13(2)18(16,17)15-8-6-14(7-9-15)10-11-4-3-5-12-10/h3-5H,6-9H2,1-2H3. The maximum absolute atomic E-state index is 11.9. The summed E-state index contributed by atoms with van der Waals surface area (Å²) in [5.41, 5.74) is 0. The van der Waals surface area contributed by atoms with Crippen molar-refractivity contribution in [2.75, 3.05) is 45.2 Å². The van der Waals surface area contributed by atoms with Gasteiger partial charge in [0, 0.05) is 52.7 Å². The third-order valence-corrected chi connectivity index (χ3v) is 4.80. The first-order valence-electron chi connectivity index (χ1n) is 5.71. The maximum atomic E-state index is 11.9. The highest BCUT2D eigenvalue weighted by Gasteiger charge is 2.29. The van der Waals surface area contributed by atoms with Crippen molar-refractivity contribution in [2.24, 2.45) is 0 Å². The van der Waals surface area contributed by atoms with E-state index in [0.29, 0.717) is 32.1 Å². The summed E-state index contributed by atoms with van der Waals surface area (Å²) in [7, 11) is -0.219. The van der Waals surface area contributed by atoms with Crippen molar-refractivity contribution in [3.05, 3.63) is 18.5 Å². The molecule has 0 atom stereocenters. The molecule has 0 bridgehead atoms. The van der Waals surface area contributed by atoms with Crippen molar-refractivity contribution in [1.29, 1.82) is 0 Å². The van der Waals surface area contributed by atoms with Crippen molar-refractivity contribution in [3.8, 4) is 0 Å². The van der Waals surface area contributed by atoms with E-state index in [4.69, 9.17) is 0 Å². The normalized spacial score (nSPS) is 18.3. The topological polar surface area (TPSA) is 69.6 Å². The fourth-order valence-corrected chi connectivity index (χ4v) is 2.89.